The predicted molar refractivity (Wildman–Crippen MR) is 221 cm³/mol. The number of nitrogens with two attached hydrogens (primary N) is 1. The molecule has 2 atom stereocenters. The first-order valence-electron chi connectivity index (χ1n) is 19.7. The third-order valence-corrected chi connectivity index (χ3v) is 11.4. The van der Waals surface area contributed by atoms with Gasteiger partial charge in [0.25, 0.3) is 17.4 Å². The molecule has 16 heteroatoms. The SMILES string of the molecule is C[C@H](NC(=O)c1c(N)nn2ccc(-c3cc4c(c(C(F)(F)F)c3)C(=O)N([C@@H](C)C3CC3)C4)nc12)c1cc2cccc(C#Cc3cnn(CCO)c3)c2c(=O)n1-c1ccccc1. The second-order valence-electron chi connectivity index (χ2n) is 15.4. The van der Waals surface area contributed by atoms with Gasteiger partial charge in [0, 0.05) is 47.5 Å². The normalized spacial score (nSPS) is 14.9. The molecule has 3 aromatic carbocycles. The second kappa shape index (κ2) is 15.1. The number of anilines is 1. The van der Waals surface area contributed by atoms with E-state index in [4.69, 9.17) is 5.73 Å². The van der Waals surface area contributed by atoms with E-state index in [0.717, 1.165) is 18.9 Å². The van der Waals surface area contributed by atoms with Crippen molar-refractivity contribution in [1.82, 2.24) is 39.2 Å². The van der Waals surface area contributed by atoms with Crippen LogP contribution in [0.3, 0.4) is 0 Å². The van der Waals surface area contributed by atoms with Crippen molar-refractivity contribution in [2.75, 3.05) is 12.3 Å². The summed E-state index contributed by atoms with van der Waals surface area (Å²) in [5, 5.41) is 21.6. The van der Waals surface area contributed by atoms with Crippen LogP contribution in [0.15, 0.2) is 96.2 Å². The number of pyridine rings is 1. The van der Waals surface area contributed by atoms with E-state index in [1.807, 2.05) is 13.0 Å². The summed E-state index contributed by atoms with van der Waals surface area (Å²) in [5.74, 6) is 4.94. The van der Waals surface area contributed by atoms with Crippen molar-refractivity contribution >= 4 is 34.1 Å². The molecular weight excluding hydrogens is 788 g/mol. The molecule has 1 aliphatic carbocycles. The summed E-state index contributed by atoms with van der Waals surface area (Å²) in [6.45, 7) is 3.88. The third-order valence-electron chi connectivity index (χ3n) is 11.4. The molecule has 0 radical (unpaired) electrons. The number of para-hydroxylation sites is 1. The molecule has 0 bridgehead atoms. The highest BCUT2D eigenvalue weighted by atomic mass is 19.4. The highest BCUT2D eigenvalue weighted by molar-refractivity contribution is 6.05. The minimum atomic E-state index is -4.81. The lowest BCUT2D eigenvalue weighted by Crippen LogP contribution is -2.35. The molecule has 7 aromatic rings. The van der Waals surface area contributed by atoms with Crippen molar-refractivity contribution in [3.63, 3.8) is 0 Å². The van der Waals surface area contributed by atoms with E-state index >= 15 is 0 Å². The Morgan fingerprint density at radius 3 is 2.56 bits per heavy atom. The van der Waals surface area contributed by atoms with Crippen molar-refractivity contribution in [3.05, 3.63) is 141 Å². The summed E-state index contributed by atoms with van der Waals surface area (Å²) < 4.78 is 48.1. The zero-order valence-electron chi connectivity index (χ0n) is 32.9. The van der Waals surface area contributed by atoms with Gasteiger partial charge in [-0.05, 0) is 86.0 Å². The number of nitrogens with zero attached hydrogens (tertiary/aromatic N) is 7. The van der Waals surface area contributed by atoms with Crippen LogP contribution in [-0.4, -0.2) is 63.4 Å². The number of amides is 2. The van der Waals surface area contributed by atoms with Crippen LogP contribution in [0.25, 0.3) is 33.4 Å². The van der Waals surface area contributed by atoms with Crippen LogP contribution in [0.4, 0.5) is 19.0 Å². The lowest BCUT2D eigenvalue weighted by molar-refractivity contribution is -0.137. The largest absolute Gasteiger partial charge is 0.417 e. The molecule has 0 unspecified atom stereocenters. The van der Waals surface area contributed by atoms with Crippen LogP contribution in [0.5, 0.6) is 0 Å². The quantitative estimate of drug-likeness (QED) is 0.146. The molecule has 9 rings (SSSR count). The number of aliphatic hydroxyl groups is 1. The number of rotatable bonds is 9. The Kier molecular flexibility index (Phi) is 9.70. The molecule has 1 saturated carbocycles. The number of benzene rings is 3. The fourth-order valence-electron chi connectivity index (χ4n) is 8.12. The Hall–Kier alpha value is -7.25. The van der Waals surface area contributed by atoms with Gasteiger partial charge in [0.15, 0.2) is 11.5 Å². The maximum atomic E-state index is 14.6. The summed E-state index contributed by atoms with van der Waals surface area (Å²) in [5.41, 5.74) is 7.01. The van der Waals surface area contributed by atoms with E-state index in [0.29, 0.717) is 39.8 Å². The van der Waals surface area contributed by atoms with Gasteiger partial charge in [-0.3, -0.25) is 23.6 Å². The number of carbonyl (C=O) groups excluding carboxylic acids is 2. The number of hydrogen-bond donors (Lipinski definition) is 3. The first kappa shape index (κ1) is 39.2. The minimum absolute atomic E-state index is 0.00195. The molecule has 61 heavy (non-hydrogen) atoms. The Morgan fingerprint density at radius 1 is 1.03 bits per heavy atom. The van der Waals surface area contributed by atoms with E-state index in [2.05, 4.69) is 32.3 Å². The molecule has 1 fully saturated rings. The molecule has 2 aliphatic rings. The number of carbonyl (C=O) groups is 2. The number of hydrogen-bond acceptors (Lipinski definition) is 8. The summed E-state index contributed by atoms with van der Waals surface area (Å²) in [6.07, 6.45) is 1.79. The van der Waals surface area contributed by atoms with E-state index in [-0.39, 0.29) is 70.1 Å². The zero-order valence-corrected chi connectivity index (χ0v) is 32.9. The Morgan fingerprint density at radius 2 is 1.82 bits per heavy atom. The van der Waals surface area contributed by atoms with Gasteiger partial charge in [-0.25, -0.2) is 9.50 Å². The van der Waals surface area contributed by atoms with Crippen LogP contribution in [0.2, 0.25) is 0 Å². The van der Waals surface area contributed by atoms with Gasteiger partial charge in [0.1, 0.15) is 5.56 Å². The topological polar surface area (TPSA) is 166 Å². The van der Waals surface area contributed by atoms with Gasteiger partial charge in [0.05, 0.1) is 53.2 Å². The van der Waals surface area contributed by atoms with E-state index in [1.54, 1.807) is 78.6 Å². The van der Waals surface area contributed by atoms with Crippen LogP contribution < -0.4 is 16.6 Å². The standard InChI is InChI=1S/C45H38F3N9O4/c1-25(36-21-30-8-6-7-29(12-11-27-22-50-54(23-27)17-18-58)37(30)44(61)57(36)33-9-4-3-5-10-33)51-42(59)39-40(49)53-56-16-15-35(52-41(39)56)31-19-32-24-55(26(2)28-13-14-28)43(60)38(32)34(20-31)45(46,47)48/h3-10,15-16,19-23,25-26,28,58H,13-14,17-18,24H2,1-2H3,(H2,49,53)(H,51,59)/t25-,26-/m0/s1. The molecule has 308 valence electrons. The monoisotopic (exact) mass is 825 g/mol. The third kappa shape index (κ3) is 7.16. The maximum Gasteiger partial charge on any atom is 0.417 e. The molecule has 0 saturated heterocycles. The van der Waals surface area contributed by atoms with Crippen molar-refractivity contribution in [2.45, 2.75) is 58.0 Å². The number of nitrogens with one attached hydrogen (secondary N) is 1. The molecule has 2 amide bonds. The van der Waals surface area contributed by atoms with Crippen LogP contribution in [0.1, 0.15) is 81.4 Å². The molecular formula is C45H38F3N9O4. The van der Waals surface area contributed by atoms with Crippen molar-refractivity contribution in [3.8, 4) is 28.8 Å². The van der Waals surface area contributed by atoms with Crippen molar-refractivity contribution < 1.29 is 27.9 Å². The Balaban J connectivity index is 1.07. The fourth-order valence-corrected chi connectivity index (χ4v) is 8.12. The molecule has 4 N–H and O–H groups in total. The van der Waals surface area contributed by atoms with Crippen LogP contribution in [0, 0.1) is 17.8 Å². The highest BCUT2D eigenvalue weighted by Gasteiger charge is 2.44. The highest BCUT2D eigenvalue weighted by Crippen LogP contribution is 2.43. The van der Waals surface area contributed by atoms with Gasteiger partial charge in [-0.15, -0.1) is 5.10 Å². The number of fused-ring (bicyclic) bond motifs is 3. The summed E-state index contributed by atoms with van der Waals surface area (Å²) >= 11 is 0. The average molecular weight is 826 g/mol. The van der Waals surface area contributed by atoms with Gasteiger partial charge in [-0.2, -0.15) is 18.3 Å². The van der Waals surface area contributed by atoms with Crippen LogP contribution >= 0.6 is 0 Å². The molecule has 1 aliphatic heterocycles. The van der Waals surface area contributed by atoms with Gasteiger partial charge in [0.2, 0.25) is 0 Å². The lowest BCUT2D eigenvalue weighted by Gasteiger charge is -2.24. The van der Waals surface area contributed by atoms with E-state index in [1.165, 1.54) is 26.2 Å². The minimum Gasteiger partial charge on any atom is -0.394 e. The van der Waals surface area contributed by atoms with Gasteiger partial charge < -0.3 is 21.1 Å². The fraction of sp³-hybridized carbons (Fsp3) is 0.244. The predicted octanol–water partition coefficient (Wildman–Crippen LogP) is 6.14. The smallest absolute Gasteiger partial charge is 0.394 e. The first-order valence-corrected chi connectivity index (χ1v) is 19.7. The summed E-state index contributed by atoms with van der Waals surface area (Å²) in [6, 6.07) is 19.0. The first-order chi connectivity index (χ1) is 29.3. The molecule has 4 aromatic heterocycles. The van der Waals surface area contributed by atoms with E-state index in [9.17, 15) is 32.7 Å². The van der Waals surface area contributed by atoms with Gasteiger partial charge in [-0.1, -0.05) is 42.2 Å². The van der Waals surface area contributed by atoms with Crippen molar-refractivity contribution in [2.24, 2.45) is 5.92 Å². The van der Waals surface area contributed by atoms with E-state index < -0.39 is 29.6 Å². The number of alkyl halides is 3. The number of halogens is 3. The summed E-state index contributed by atoms with van der Waals surface area (Å²) in [7, 11) is 0. The second-order valence-corrected chi connectivity index (χ2v) is 15.4. The molecule has 5 heterocycles. The van der Waals surface area contributed by atoms with Crippen LogP contribution in [-0.2, 0) is 19.3 Å². The average Bonchev–Trinajstić information content (AvgIpc) is 3.78. The van der Waals surface area contributed by atoms with Crippen molar-refractivity contribution in [1.29, 1.82) is 0 Å². The number of nitrogen functional groups attached to an aromatic ring is 1. The Labute approximate surface area is 346 Å². The summed E-state index contributed by atoms with van der Waals surface area (Å²) in [4.78, 5) is 48.3. The molecule has 0 spiro atoms. The zero-order chi connectivity index (χ0) is 42.7. The Bertz CT molecular complexity index is 3030. The lowest BCUT2D eigenvalue weighted by atomic mass is 9.97. The number of aromatic nitrogens is 6. The number of aliphatic hydroxyl groups excluding tert-OH is 1. The van der Waals surface area contributed by atoms with Gasteiger partial charge >= 0.3 is 6.18 Å². The molecule has 13 nitrogen and oxygen atoms in total. The maximum absolute atomic E-state index is 14.6.